The van der Waals surface area contributed by atoms with E-state index >= 15 is 0 Å². The molecule has 0 atom stereocenters. The number of rotatable bonds is 3. The highest BCUT2D eigenvalue weighted by Gasteiger charge is 2.17. The highest BCUT2D eigenvalue weighted by Crippen LogP contribution is 2.33. The minimum absolute atomic E-state index is 0.0449. The number of aromatic amines is 1. The van der Waals surface area contributed by atoms with E-state index in [9.17, 15) is 9.18 Å². The molecule has 112 valence electrons. The SMILES string of the molecule is COc1ccc2[nH]c(-c3ccc(F)c(C)c3)c(C(C)=O)c2c1. The Bertz CT molecular complexity index is 880. The van der Waals surface area contributed by atoms with E-state index in [0.29, 0.717) is 22.6 Å². The first-order valence-electron chi connectivity index (χ1n) is 6.98. The van der Waals surface area contributed by atoms with Gasteiger partial charge in [0, 0.05) is 10.9 Å². The Kier molecular flexibility index (Phi) is 3.45. The molecule has 4 heteroatoms. The first-order chi connectivity index (χ1) is 10.5. The molecule has 1 N–H and O–H groups in total. The molecule has 0 saturated heterocycles. The topological polar surface area (TPSA) is 42.1 Å². The second-order valence-electron chi connectivity index (χ2n) is 5.31. The lowest BCUT2D eigenvalue weighted by molar-refractivity contribution is 0.102. The summed E-state index contributed by atoms with van der Waals surface area (Å²) in [5.41, 5.74) is 3.49. The Morgan fingerprint density at radius 1 is 1.18 bits per heavy atom. The largest absolute Gasteiger partial charge is 0.497 e. The van der Waals surface area contributed by atoms with E-state index in [1.165, 1.54) is 13.0 Å². The molecule has 0 aliphatic heterocycles. The van der Waals surface area contributed by atoms with Gasteiger partial charge >= 0.3 is 0 Å². The summed E-state index contributed by atoms with van der Waals surface area (Å²) >= 11 is 0. The van der Waals surface area contributed by atoms with Crippen LogP contribution in [0.3, 0.4) is 0 Å². The van der Waals surface area contributed by atoms with Crippen LogP contribution in [0.5, 0.6) is 5.75 Å². The van der Waals surface area contributed by atoms with Gasteiger partial charge in [-0.3, -0.25) is 4.79 Å². The van der Waals surface area contributed by atoms with Crippen molar-refractivity contribution >= 4 is 16.7 Å². The van der Waals surface area contributed by atoms with Gasteiger partial charge in [0.15, 0.2) is 5.78 Å². The van der Waals surface area contributed by atoms with Crippen LogP contribution in [0.2, 0.25) is 0 Å². The first kappa shape index (κ1) is 14.3. The number of aromatic nitrogens is 1. The average molecular weight is 297 g/mol. The molecule has 1 aromatic heterocycles. The maximum atomic E-state index is 13.5. The minimum Gasteiger partial charge on any atom is -0.497 e. The molecule has 0 bridgehead atoms. The Labute approximate surface area is 127 Å². The van der Waals surface area contributed by atoms with Crippen LogP contribution >= 0.6 is 0 Å². The normalized spacial score (nSPS) is 10.9. The van der Waals surface area contributed by atoms with Gasteiger partial charge in [-0.25, -0.2) is 4.39 Å². The van der Waals surface area contributed by atoms with Crippen LogP contribution in [0.15, 0.2) is 36.4 Å². The zero-order valence-electron chi connectivity index (χ0n) is 12.7. The number of Topliss-reactive ketones (excluding diaryl/α,β-unsaturated/α-hetero) is 1. The van der Waals surface area contributed by atoms with Crippen molar-refractivity contribution in [2.75, 3.05) is 7.11 Å². The summed E-state index contributed by atoms with van der Waals surface area (Å²) < 4.78 is 18.7. The predicted octanol–water partition coefficient (Wildman–Crippen LogP) is 4.49. The number of H-pyrrole nitrogens is 1. The van der Waals surface area contributed by atoms with Crippen LogP contribution in [-0.2, 0) is 0 Å². The average Bonchev–Trinajstić information content (AvgIpc) is 2.88. The Balaban J connectivity index is 2.30. The van der Waals surface area contributed by atoms with Gasteiger partial charge < -0.3 is 9.72 Å². The molecule has 22 heavy (non-hydrogen) atoms. The van der Waals surface area contributed by atoms with Crippen LogP contribution in [0.25, 0.3) is 22.2 Å². The molecule has 3 aromatic rings. The van der Waals surface area contributed by atoms with Crippen molar-refractivity contribution in [2.24, 2.45) is 0 Å². The van der Waals surface area contributed by atoms with Gasteiger partial charge in [0.1, 0.15) is 11.6 Å². The van der Waals surface area contributed by atoms with Gasteiger partial charge in [0.2, 0.25) is 0 Å². The standard InChI is InChI=1S/C18H16FNO2/c1-10-8-12(4-6-15(10)19)18-17(11(2)21)14-9-13(22-3)5-7-16(14)20-18/h4-9,20H,1-3H3. The number of ketones is 1. The van der Waals surface area contributed by atoms with E-state index in [4.69, 9.17) is 4.74 Å². The molecule has 0 spiro atoms. The zero-order valence-corrected chi connectivity index (χ0v) is 12.7. The Morgan fingerprint density at radius 3 is 2.59 bits per heavy atom. The third-order valence-electron chi connectivity index (χ3n) is 3.80. The van der Waals surface area contributed by atoms with Gasteiger partial charge in [-0.2, -0.15) is 0 Å². The van der Waals surface area contributed by atoms with Crippen molar-refractivity contribution in [1.82, 2.24) is 4.98 Å². The molecular weight excluding hydrogens is 281 g/mol. The summed E-state index contributed by atoms with van der Waals surface area (Å²) in [5.74, 6) is 0.387. The maximum Gasteiger partial charge on any atom is 0.162 e. The molecule has 0 fully saturated rings. The highest BCUT2D eigenvalue weighted by molar-refractivity contribution is 6.12. The first-order valence-corrected chi connectivity index (χ1v) is 6.98. The van der Waals surface area contributed by atoms with Crippen molar-refractivity contribution < 1.29 is 13.9 Å². The number of benzene rings is 2. The summed E-state index contributed by atoms with van der Waals surface area (Å²) in [4.78, 5) is 15.4. The van der Waals surface area contributed by atoms with Crippen LogP contribution in [-0.4, -0.2) is 17.9 Å². The quantitative estimate of drug-likeness (QED) is 0.723. The molecule has 0 unspecified atom stereocenters. The van der Waals surface area contributed by atoms with Crippen molar-refractivity contribution in [3.63, 3.8) is 0 Å². The van der Waals surface area contributed by atoms with E-state index in [1.54, 1.807) is 26.2 Å². The van der Waals surface area contributed by atoms with Gasteiger partial charge in [0.05, 0.1) is 18.4 Å². The molecule has 0 aliphatic rings. The van der Waals surface area contributed by atoms with Gasteiger partial charge in [-0.1, -0.05) is 0 Å². The van der Waals surface area contributed by atoms with Gasteiger partial charge in [-0.15, -0.1) is 0 Å². The van der Waals surface area contributed by atoms with Crippen molar-refractivity contribution in [3.8, 4) is 17.0 Å². The monoisotopic (exact) mass is 297 g/mol. The smallest absolute Gasteiger partial charge is 0.162 e. The number of carbonyl (C=O) groups excluding carboxylic acids is 1. The second-order valence-corrected chi connectivity index (χ2v) is 5.31. The Hall–Kier alpha value is -2.62. The van der Waals surface area contributed by atoms with E-state index in [-0.39, 0.29) is 11.6 Å². The molecule has 0 amide bonds. The maximum absolute atomic E-state index is 13.5. The fraction of sp³-hybridized carbons (Fsp3) is 0.167. The number of methoxy groups -OCH3 is 1. The fourth-order valence-electron chi connectivity index (χ4n) is 2.68. The van der Waals surface area contributed by atoms with E-state index < -0.39 is 0 Å². The van der Waals surface area contributed by atoms with Crippen molar-refractivity contribution in [2.45, 2.75) is 13.8 Å². The lowest BCUT2D eigenvalue weighted by atomic mass is 10.0. The molecule has 2 aromatic carbocycles. The summed E-state index contributed by atoms with van der Waals surface area (Å²) in [5, 5.41) is 0.809. The van der Waals surface area contributed by atoms with Crippen molar-refractivity contribution in [1.29, 1.82) is 0 Å². The number of ether oxygens (including phenoxy) is 1. The second kappa shape index (κ2) is 5.30. The van der Waals surface area contributed by atoms with Gasteiger partial charge in [0.25, 0.3) is 0 Å². The number of hydrogen-bond donors (Lipinski definition) is 1. The summed E-state index contributed by atoms with van der Waals surface area (Å²) in [6, 6.07) is 10.4. The van der Waals surface area contributed by atoms with E-state index in [2.05, 4.69) is 4.98 Å². The fourth-order valence-corrected chi connectivity index (χ4v) is 2.68. The molecule has 3 nitrogen and oxygen atoms in total. The lowest BCUT2D eigenvalue weighted by Crippen LogP contribution is -1.95. The van der Waals surface area contributed by atoms with Crippen LogP contribution in [0.4, 0.5) is 4.39 Å². The summed E-state index contributed by atoms with van der Waals surface area (Å²) in [7, 11) is 1.59. The molecule has 0 radical (unpaired) electrons. The third-order valence-corrected chi connectivity index (χ3v) is 3.80. The van der Waals surface area contributed by atoms with E-state index in [1.807, 2.05) is 18.2 Å². The Morgan fingerprint density at radius 2 is 1.95 bits per heavy atom. The highest BCUT2D eigenvalue weighted by atomic mass is 19.1. The summed E-state index contributed by atoms with van der Waals surface area (Å²) in [6.45, 7) is 3.24. The number of hydrogen-bond acceptors (Lipinski definition) is 2. The van der Waals surface area contributed by atoms with Crippen LogP contribution in [0, 0.1) is 12.7 Å². The van der Waals surface area contributed by atoms with Crippen molar-refractivity contribution in [3.05, 3.63) is 53.3 Å². The number of halogens is 1. The molecular formula is C18H16FNO2. The van der Waals surface area contributed by atoms with Crippen LogP contribution < -0.4 is 4.74 Å². The summed E-state index contributed by atoms with van der Waals surface area (Å²) in [6.07, 6.45) is 0. The number of nitrogens with one attached hydrogen (secondary N) is 1. The van der Waals surface area contributed by atoms with Gasteiger partial charge in [-0.05, 0) is 61.4 Å². The minimum atomic E-state index is -0.258. The lowest BCUT2D eigenvalue weighted by Gasteiger charge is -2.04. The van der Waals surface area contributed by atoms with Crippen LogP contribution in [0.1, 0.15) is 22.8 Å². The zero-order chi connectivity index (χ0) is 15.9. The molecule has 1 heterocycles. The molecule has 0 aliphatic carbocycles. The molecule has 0 saturated carbocycles. The number of carbonyl (C=O) groups is 1. The van der Waals surface area contributed by atoms with E-state index in [0.717, 1.165) is 16.5 Å². The number of aryl methyl sites for hydroxylation is 1. The molecule has 3 rings (SSSR count). The predicted molar refractivity (Wildman–Crippen MR) is 85.0 cm³/mol. The number of fused-ring (bicyclic) bond motifs is 1. The third kappa shape index (κ3) is 2.26.